The molecule has 2 aromatic heterocycles. The first-order chi connectivity index (χ1) is 10.2. The lowest BCUT2D eigenvalue weighted by molar-refractivity contribution is 0.000694. The monoisotopic (exact) mass is 324 g/mol. The number of aliphatic hydroxyl groups is 2. The van der Waals surface area contributed by atoms with E-state index in [9.17, 15) is 9.90 Å². The Morgan fingerprint density at radius 2 is 2.33 bits per heavy atom. The van der Waals surface area contributed by atoms with Gasteiger partial charge in [-0.25, -0.2) is 4.98 Å². The molecular weight excluding hydrogens is 308 g/mol. The third-order valence-electron chi connectivity index (χ3n) is 3.70. The molecule has 2 aromatic rings. The Morgan fingerprint density at radius 1 is 1.48 bits per heavy atom. The van der Waals surface area contributed by atoms with Crippen molar-refractivity contribution in [1.82, 2.24) is 9.88 Å². The highest BCUT2D eigenvalue weighted by molar-refractivity contribution is 7.20. The number of rotatable bonds is 3. The predicted molar refractivity (Wildman–Crippen MR) is 82.5 cm³/mol. The molecule has 1 aliphatic heterocycles. The number of hydrogen-bond donors (Lipinski definition) is 2. The zero-order valence-corrected chi connectivity index (χ0v) is 12.9. The molecule has 2 N–H and O–H groups in total. The van der Waals surface area contributed by atoms with Gasteiger partial charge in [-0.3, -0.25) is 4.79 Å². The molecule has 3 heterocycles. The highest BCUT2D eigenvalue weighted by Gasteiger charge is 2.30. The van der Waals surface area contributed by atoms with Crippen LogP contribution in [0.5, 0.6) is 0 Å². The second-order valence-corrected chi connectivity index (χ2v) is 6.87. The van der Waals surface area contributed by atoms with Crippen LogP contribution in [0.25, 0.3) is 9.88 Å². The van der Waals surface area contributed by atoms with Crippen LogP contribution in [-0.2, 0) is 0 Å². The molecule has 0 radical (unpaired) electrons. The number of nitrogens with zero attached hydrogens (tertiary/aromatic N) is 2. The Labute approximate surface area is 130 Å². The molecule has 3 rings (SSSR count). The first-order valence-electron chi connectivity index (χ1n) is 6.76. The normalized spacial score (nSPS) is 22.5. The molecule has 1 amide bonds. The molecule has 2 atom stereocenters. The van der Waals surface area contributed by atoms with Gasteiger partial charge >= 0.3 is 0 Å². The van der Waals surface area contributed by atoms with E-state index in [0.29, 0.717) is 18.7 Å². The molecule has 0 aromatic carbocycles. The Kier molecular flexibility index (Phi) is 4.34. The average Bonchev–Trinajstić information content (AvgIpc) is 3.17. The van der Waals surface area contributed by atoms with E-state index in [0.717, 1.165) is 9.88 Å². The first-order valence-corrected chi connectivity index (χ1v) is 8.52. The summed E-state index contributed by atoms with van der Waals surface area (Å²) in [6.07, 6.45) is -0.0474. The SMILES string of the molecule is O=C(c1csc(-c2cccs2)n1)N1CC[C@@H](CO)[C@H](O)C1. The molecule has 7 heteroatoms. The fourth-order valence-electron chi connectivity index (χ4n) is 2.43. The summed E-state index contributed by atoms with van der Waals surface area (Å²) >= 11 is 3.05. The van der Waals surface area contributed by atoms with Crippen LogP contribution in [0, 0.1) is 5.92 Å². The summed E-state index contributed by atoms with van der Waals surface area (Å²) in [5, 5.41) is 23.7. The fourth-order valence-corrected chi connectivity index (χ4v) is 4.03. The molecule has 1 fully saturated rings. The summed E-state index contributed by atoms with van der Waals surface area (Å²) in [6, 6.07) is 3.94. The maximum atomic E-state index is 12.4. The number of aliphatic hydroxyl groups excluding tert-OH is 2. The van der Waals surface area contributed by atoms with Crippen LogP contribution in [0.4, 0.5) is 0 Å². The van der Waals surface area contributed by atoms with E-state index < -0.39 is 6.10 Å². The lowest BCUT2D eigenvalue weighted by Gasteiger charge is -2.34. The highest BCUT2D eigenvalue weighted by Crippen LogP contribution is 2.28. The maximum absolute atomic E-state index is 12.4. The van der Waals surface area contributed by atoms with Gasteiger partial charge in [0.2, 0.25) is 0 Å². The summed E-state index contributed by atoms with van der Waals surface area (Å²) in [6.45, 7) is 0.769. The van der Waals surface area contributed by atoms with Crippen LogP contribution in [0.1, 0.15) is 16.9 Å². The summed E-state index contributed by atoms with van der Waals surface area (Å²) in [5.74, 6) is -0.282. The topological polar surface area (TPSA) is 73.7 Å². The van der Waals surface area contributed by atoms with Crippen LogP contribution in [0.2, 0.25) is 0 Å². The van der Waals surface area contributed by atoms with Crippen molar-refractivity contribution >= 4 is 28.6 Å². The van der Waals surface area contributed by atoms with Crippen molar-refractivity contribution in [2.24, 2.45) is 5.92 Å². The van der Waals surface area contributed by atoms with E-state index in [1.165, 1.54) is 11.3 Å². The Balaban J connectivity index is 1.71. The van der Waals surface area contributed by atoms with Gasteiger partial charge in [0.1, 0.15) is 10.7 Å². The molecule has 0 bridgehead atoms. The maximum Gasteiger partial charge on any atom is 0.273 e. The number of hydrogen-bond acceptors (Lipinski definition) is 6. The smallest absolute Gasteiger partial charge is 0.273 e. The van der Waals surface area contributed by atoms with Crippen molar-refractivity contribution in [3.8, 4) is 9.88 Å². The van der Waals surface area contributed by atoms with Crippen molar-refractivity contribution in [3.63, 3.8) is 0 Å². The molecule has 21 heavy (non-hydrogen) atoms. The summed E-state index contributed by atoms with van der Waals surface area (Å²) in [4.78, 5) is 19.5. The number of aromatic nitrogens is 1. The van der Waals surface area contributed by atoms with E-state index >= 15 is 0 Å². The molecule has 112 valence electrons. The van der Waals surface area contributed by atoms with Gasteiger partial charge < -0.3 is 15.1 Å². The number of β-amino-alcohol motifs (C(OH)–C–C–N with tert-alkyl or cyclic N) is 1. The lowest BCUT2D eigenvalue weighted by Crippen LogP contribution is -2.47. The third kappa shape index (κ3) is 3.01. The van der Waals surface area contributed by atoms with Crippen molar-refractivity contribution in [3.05, 3.63) is 28.6 Å². The van der Waals surface area contributed by atoms with E-state index in [2.05, 4.69) is 4.98 Å². The number of thiazole rings is 1. The Bertz CT molecular complexity index is 612. The average molecular weight is 324 g/mol. The van der Waals surface area contributed by atoms with Gasteiger partial charge in [0.25, 0.3) is 5.91 Å². The molecule has 1 saturated heterocycles. The molecule has 1 aliphatic rings. The summed E-state index contributed by atoms with van der Waals surface area (Å²) in [7, 11) is 0. The molecular formula is C14H16N2O3S2. The van der Waals surface area contributed by atoms with Crippen molar-refractivity contribution in [2.75, 3.05) is 19.7 Å². The van der Waals surface area contributed by atoms with Crippen molar-refractivity contribution in [1.29, 1.82) is 0 Å². The Hall–Kier alpha value is -1.28. The van der Waals surface area contributed by atoms with Gasteiger partial charge in [-0.2, -0.15) is 0 Å². The number of carbonyl (C=O) groups is 1. The van der Waals surface area contributed by atoms with Crippen LogP contribution >= 0.6 is 22.7 Å². The van der Waals surface area contributed by atoms with E-state index in [1.54, 1.807) is 21.6 Å². The lowest BCUT2D eigenvalue weighted by atomic mass is 9.94. The van der Waals surface area contributed by atoms with Crippen LogP contribution < -0.4 is 0 Å². The standard InChI is InChI=1S/C14H16N2O3S2/c17-7-9-3-4-16(6-11(9)18)14(19)10-8-21-13(15-10)12-2-1-5-20-12/h1-2,5,8-9,11,17-18H,3-4,6-7H2/t9-,11+/m0/s1. The van der Waals surface area contributed by atoms with E-state index in [1.807, 2.05) is 17.5 Å². The number of carbonyl (C=O) groups excluding carboxylic acids is 1. The zero-order chi connectivity index (χ0) is 14.8. The van der Waals surface area contributed by atoms with Gasteiger partial charge in [-0.05, 0) is 17.9 Å². The number of thiophene rings is 1. The van der Waals surface area contributed by atoms with Gasteiger partial charge in [-0.1, -0.05) is 6.07 Å². The zero-order valence-electron chi connectivity index (χ0n) is 11.3. The molecule has 0 saturated carbocycles. The van der Waals surface area contributed by atoms with Gasteiger partial charge in [0.05, 0.1) is 11.0 Å². The summed E-state index contributed by atoms with van der Waals surface area (Å²) < 4.78 is 0. The van der Waals surface area contributed by atoms with Crippen LogP contribution in [0.15, 0.2) is 22.9 Å². The quantitative estimate of drug-likeness (QED) is 0.901. The van der Waals surface area contributed by atoms with Gasteiger partial charge in [0.15, 0.2) is 0 Å². The minimum atomic E-state index is -0.664. The molecule has 0 unspecified atom stereocenters. The fraction of sp³-hybridized carbons (Fsp3) is 0.429. The Morgan fingerprint density at radius 3 is 3.00 bits per heavy atom. The van der Waals surface area contributed by atoms with Crippen LogP contribution in [-0.4, -0.2) is 51.8 Å². The van der Waals surface area contributed by atoms with E-state index in [-0.39, 0.29) is 25.0 Å². The number of piperidine rings is 1. The largest absolute Gasteiger partial charge is 0.396 e. The summed E-state index contributed by atoms with van der Waals surface area (Å²) in [5.41, 5.74) is 0.429. The third-order valence-corrected chi connectivity index (χ3v) is 5.58. The number of likely N-dealkylation sites (tertiary alicyclic amines) is 1. The second-order valence-electron chi connectivity index (χ2n) is 5.07. The van der Waals surface area contributed by atoms with Crippen molar-refractivity contribution < 1.29 is 15.0 Å². The van der Waals surface area contributed by atoms with E-state index in [4.69, 9.17) is 5.11 Å². The minimum Gasteiger partial charge on any atom is -0.396 e. The second kappa shape index (κ2) is 6.23. The molecule has 5 nitrogen and oxygen atoms in total. The molecule has 0 spiro atoms. The first kappa shape index (κ1) is 14.6. The van der Waals surface area contributed by atoms with Crippen molar-refractivity contribution in [2.45, 2.75) is 12.5 Å². The molecule has 0 aliphatic carbocycles. The van der Waals surface area contributed by atoms with Gasteiger partial charge in [-0.15, -0.1) is 22.7 Å². The van der Waals surface area contributed by atoms with Gasteiger partial charge in [0, 0.05) is 31.0 Å². The number of amides is 1. The predicted octanol–water partition coefficient (Wildman–Crippen LogP) is 1.69. The minimum absolute atomic E-state index is 0.0393. The highest BCUT2D eigenvalue weighted by atomic mass is 32.1. The van der Waals surface area contributed by atoms with Crippen LogP contribution in [0.3, 0.4) is 0 Å².